The maximum Gasteiger partial charge on any atom is 0.458 e. The highest BCUT2D eigenvalue weighted by molar-refractivity contribution is 6.41. The molecule has 2 aromatic heterocycles. The second-order valence-electron chi connectivity index (χ2n) is 12.6. The molecule has 0 unspecified atom stereocenters. The summed E-state index contributed by atoms with van der Waals surface area (Å²) in [6.45, 7) is 6.54. The van der Waals surface area contributed by atoms with Crippen molar-refractivity contribution < 1.29 is 50.6 Å². The zero-order chi connectivity index (χ0) is 39.6. The van der Waals surface area contributed by atoms with Gasteiger partial charge in [-0.1, -0.05) is 43.3 Å². The van der Waals surface area contributed by atoms with E-state index in [4.69, 9.17) is 4.98 Å². The number of nitrogens with one attached hydrogen (secondary N) is 4. The summed E-state index contributed by atoms with van der Waals surface area (Å²) in [6, 6.07) is 11.9. The third kappa shape index (κ3) is 11.0. The molecule has 0 bridgehead atoms. The molecule has 2 amide bonds. The minimum Gasteiger partial charge on any atom is -0.480 e. The van der Waals surface area contributed by atoms with E-state index in [0.29, 0.717) is 18.2 Å². The summed E-state index contributed by atoms with van der Waals surface area (Å²) in [5.41, 5.74) is 4.31. The van der Waals surface area contributed by atoms with Crippen molar-refractivity contribution in [3.63, 3.8) is 0 Å². The summed E-state index contributed by atoms with van der Waals surface area (Å²) >= 11 is 0. The fourth-order valence-electron chi connectivity index (χ4n) is 5.99. The molecular formula is C35H40F6N8O5. The van der Waals surface area contributed by atoms with Crippen molar-refractivity contribution in [2.45, 2.75) is 76.3 Å². The van der Waals surface area contributed by atoms with Gasteiger partial charge in [-0.2, -0.15) is 26.3 Å². The monoisotopic (exact) mass is 766 g/mol. The molecule has 0 aliphatic carbocycles. The number of ketones is 2. The minimum absolute atomic E-state index is 0.0218. The number of rotatable bonds is 11. The van der Waals surface area contributed by atoms with Gasteiger partial charge >= 0.3 is 35.9 Å². The van der Waals surface area contributed by atoms with Gasteiger partial charge in [0.2, 0.25) is 0 Å². The van der Waals surface area contributed by atoms with Crippen molar-refractivity contribution in [2.75, 3.05) is 41.7 Å². The summed E-state index contributed by atoms with van der Waals surface area (Å²) < 4.78 is 67.0. The van der Waals surface area contributed by atoms with Gasteiger partial charge in [-0.05, 0) is 56.2 Å². The number of aromatic nitrogens is 3. The highest BCUT2D eigenvalue weighted by Crippen LogP contribution is 2.33. The van der Waals surface area contributed by atoms with Crippen LogP contribution in [-0.4, -0.2) is 88.2 Å². The third-order valence-electron chi connectivity index (χ3n) is 8.85. The molecule has 19 heteroatoms. The molecule has 2 atom stereocenters. The molecule has 2 aliphatic rings. The van der Waals surface area contributed by atoms with E-state index in [1.54, 1.807) is 0 Å². The summed E-state index contributed by atoms with van der Waals surface area (Å²) in [6.07, 6.45) is -5.17. The number of aliphatic carboxylic acids is 1. The molecule has 0 radical (unpaired) electrons. The predicted molar refractivity (Wildman–Crippen MR) is 185 cm³/mol. The lowest BCUT2D eigenvalue weighted by Gasteiger charge is -2.34. The van der Waals surface area contributed by atoms with E-state index in [2.05, 4.69) is 48.3 Å². The van der Waals surface area contributed by atoms with Crippen molar-refractivity contribution in [3.8, 4) is 0 Å². The number of carboxylic acids is 1. The number of nitrogens with zero attached hydrogens (tertiary/aromatic N) is 4. The Hall–Kier alpha value is -5.49. The number of amides is 2. The number of benzene rings is 1. The van der Waals surface area contributed by atoms with Crippen LogP contribution in [0.1, 0.15) is 67.5 Å². The molecule has 54 heavy (non-hydrogen) atoms. The van der Waals surface area contributed by atoms with Crippen molar-refractivity contribution in [1.29, 1.82) is 0 Å². The number of carboxylic acid groups (broad SMARTS) is 1. The predicted octanol–water partition coefficient (Wildman–Crippen LogP) is 5.35. The zero-order valence-electron chi connectivity index (χ0n) is 29.4. The molecule has 292 valence electrons. The van der Waals surface area contributed by atoms with Crippen LogP contribution in [0.25, 0.3) is 0 Å². The number of aryl methyl sites for hydroxylation is 1. The molecule has 0 saturated carbocycles. The Balaban J connectivity index is 0.000000467. The average molecular weight is 767 g/mol. The summed E-state index contributed by atoms with van der Waals surface area (Å²) in [5.74, 6) is -5.06. The molecule has 4 heterocycles. The van der Waals surface area contributed by atoms with Gasteiger partial charge in [0.05, 0.1) is 6.04 Å². The van der Waals surface area contributed by atoms with Gasteiger partial charge in [0, 0.05) is 43.4 Å². The average Bonchev–Trinajstić information content (AvgIpc) is 3.15. The topological polar surface area (TPSA) is 179 Å². The number of hydrogen-bond acceptors (Lipinski definition) is 10. The SMILES string of the molecule is CCc1c(NC[C@H](NC(=O)N[C@@H](C)c2ccccc2)C(=O)O)ncnc1N1CCC(c2ccc3c(n2)NCCC3)CC1.O=C(C(=O)C(F)(F)F)C(F)(F)F. The number of halogens is 6. The summed E-state index contributed by atoms with van der Waals surface area (Å²) in [5, 5.41) is 21.8. The fraction of sp³-hybridized carbons (Fsp3) is 0.457. The Labute approximate surface area is 306 Å². The van der Waals surface area contributed by atoms with Gasteiger partial charge in [-0.3, -0.25) is 9.59 Å². The Kier molecular flexibility index (Phi) is 13.8. The van der Waals surface area contributed by atoms with E-state index in [0.717, 1.165) is 73.8 Å². The smallest absolute Gasteiger partial charge is 0.458 e. The van der Waals surface area contributed by atoms with E-state index in [1.807, 2.05) is 44.2 Å². The Morgan fingerprint density at radius 2 is 1.59 bits per heavy atom. The van der Waals surface area contributed by atoms with Gasteiger partial charge in [0.15, 0.2) is 0 Å². The highest BCUT2D eigenvalue weighted by atomic mass is 19.4. The van der Waals surface area contributed by atoms with Crippen LogP contribution in [0.3, 0.4) is 0 Å². The van der Waals surface area contributed by atoms with E-state index in [-0.39, 0.29) is 12.6 Å². The van der Waals surface area contributed by atoms with Crippen molar-refractivity contribution in [3.05, 3.63) is 71.2 Å². The molecule has 5 N–H and O–H groups in total. The van der Waals surface area contributed by atoms with Crippen LogP contribution >= 0.6 is 0 Å². The number of hydrogen-bond donors (Lipinski definition) is 5. The van der Waals surface area contributed by atoms with E-state index >= 15 is 0 Å². The van der Waals surface area contributed by atoms with E-state index < -0.39 is 42.0 Å². The third-order valence-corrected chi connectivity index (χ3v) is 8.85. The number of carbonyl (C=O) groups is 4. The number of pyridine rings is 1. The first-order valence-electron chi connectivity index (χ1n) is 17.1. The molecule has 3 aromatic rings. The second kappa shape index (κ2) is 18.0. The molecule has 1 aromatic carbocycles. The van der Waals surface area contributed by atoms with E-state index in [9.17, 15) is 50.6 Å². The maximum absolute atomic E-state index is 12.6. The molecule has 1 fully saturated rings. The lowest BCUT2D eigenvalue weighted by molar-refractivity contribution is -0.193. The summed E-state index contributed by atoms with van der Waals surface area (Å²) in [7, 11) is 0. The van der Waals surface area contributed by atoms with Crippen LogP contribution in [0.5, 0.6) is 0 Å². The number of urea groups is 1. The molecule has 0 spiro atoms. The molecule has 1 saturated heterocycles. The van der Waals surface area contributed by atoms with Gasteiger partial charge in [0.1, 0.15) is 29.8 Å². The van der Waals surface area contributed by atoms with Crippen LogP contribution in [0.15, 0.2) is 48.8 Å². The van der Waals surface area contributed by atoms with Crippen molar-refractivity contribution >= 4 is 41.0 Å². The number of anilines is 3. The molecule has 2 aliphatic heterocycles. The van der Waals surface area contributed by atoms with Crippen LogP contribution in [-0.2, 0) is 27.2 Å². The number of carbonyl (C=O) groups excluding carboxylic acids is 3. The first-order chi connectivity index (χ1) is 25.5. The first-order valence-corrected chi connectivity index (χ1v) is 17.1. The van der Waals surface area contributed by atoms with Crippen molar-refractivity contribution in [2.24, 2.45) is 0 Å². The Morgan fingerprint density at radius 1 is 0.944 bits per heavy atom. The normalized spacial score (nSPS) is 15.7. The molecular weight excluding hydrogens is 726 g/mol. The van der Waals surface area contributed by atoms with Gasteiger partial charge < -0.3 is 31.3 Å². The quantitative estimate of drug-likeness (QED) is 0.126. The van der Waals surface area contributed by atoms with Gasteiger partial charge in [0.25, 0.3) is 0 Å². The minimum atomic E-state index is -5.77. The lowest BCUT2D eigenvalue weighted by Crippen LogP contribution is -2.49. The number of alkyl halides is 6. The fourth-order valence-corrected chi connectivity index (χ4v) is 5.99. The Morgan fingerprint density at radius 3 is 2.19 bits per heavy atom. The Bertz CT molecular complexity index is 1760. The van der Waals surface area contributed by atoms with Crippen molar-refractivity contribution in [1.82, 2.24) is 25.6 Å². The first kappa shape index (κ1) is 41.3. The largest absolute Gasteiger partial charge is 0.480 e. The molecule has 13 nitrogen and oxygen atoms in total. The number of fused-ring (bicyclic) bond motifs is 1. The van der Waals surface area contributed by atoms with Crippen LogP contribution in [0.4, 0.5) is 48.6 Å². The van der Waals surface area contributed by atoms with Crippen LogP contribution < -0.4 is 26.2 Å². The summed E-state index contributed by atoms with van der Waals surface area (Å²) in [4.78, 5) is 60.0. The van der Waals surface area contributed by atoms with Gasteiger partial charge in [-0.25, -0.2) is 24.5 Å². The lowest BCUT2D eigenvalue weighted by atomic mass is 9.92. The number of Topliss-reactive ketones (excluding diaryl/α,β-unsaturated/α-hetero) is 2. The zero-order valence-corrected chi connectivity index (χ0v) is 29.4. The van der Waals surface area contributed by atoms with Gasteiger partial charge in [-0.15, -0.1) is 0 Å². The second-order valence-corrected chi connectivity index (χ2v) is 12.6. The number of piperidine rings is 1. The van der Waals surface area contributed by atoms with E-state index in [1.165, 1.54) is 11.9 Å². The molecule has 5 rings (SSSR count). The maximum atomic E-state index is 12.6. The standard InChI is InChI=1S/C31H40N8O3.C4F6O2/c1-3-24-28(33-18-26(30(40)41)38-31(42)36-20(2)21-8-5-4-6-9-21)34-19-35-29(24)39-16-13-22(14-17-39)25-12-11-23-10-7-15-32-27(23)37-25;5-3(6,7)1(11)2(12)4(8,9)10/h4-6,8-9,11-12,19-20,22,26H,3,7,10,13-18H2,1-2H3,(H,32,37)(H,40,41)(H,33,34,35)(H2,36,38,42);/t20-,26-;/m0./s1. The highest BCUT2D eigenvalue weighted by Gasteiger charge is 2.54. The van der Waals surface area contributed by atoms with Crippen LogP contribution in [0.2, 0.25) is 0 Å². The van der Waals surface area contributed by atoms with Crippen LogP contribution in [0, 0.1) is 0 Å².